The van der Waals surface area contributed by atoms with Crippen LogP contribution in [0.25, 0.3) is 0 Å². The average Bonchev–Trinajstić information content (AvgIpc) is 3.39. The number of aromatic nitrogens is 2. The average molecular weight is 550 g/mol. The summed E-state index contributed by atoms with van der Waals surface area (Å²) in [5, 5.41) is 6.66. The van der Waals surface area contributed by atoms with E-state index in [0.717, 1.165) is 62.6 Å². The zero-order valence-electron chi connectivity index (χ0n) is 17.7. The third kappa shape index (κ3) is 6.50. The van der Waals surface area contributed by atoms with Crippen LogP contribution < -0.4 is 10.2 Å². The van der Waals surface area contributed by atoms with Gasteiger partial charge in [-0.3, -0.25) is 4.99 Å². The second kappa shape index (κ2) is 12.0. The summed E-state index contributed by atoms with van der Waals surface area (Å²) in [6.07, 6.45) is 0.894. The van der Waals surface area contributed by atoms with Crippen molar-refractivity contribution < 1.29 is 0 Å². The van der Waals surface area contributed by atoms with Gasteiger partial charge in [-0.2, -0.15) is 4.37 Å². The van der Waals surface area contributed by atoms with Crippen molar-refractivity contribution in [3.8, 4) is 0 Å². The minimum Gasteiger partial charge on any atom is -0.357 e. The Hall–Kier alpha value is -0.980. The predicted molar refractivity (Wildman–Crippen MR) is 135 cm³/mol. The molecule has 1 aliphatic rings. The van der Waals surface area contributed by atoms with Crippen LogP contribution in [0.3, 0.4) is 0 Å². The Balaban J connectivity index is 0.00000300. The summed E-state index contributed by atoms with van der Waals surface area (Å²) >= 11 is 3.31. The highest BCUT2D eigenvalue weighted by molar-refractivity contribution is 14.0. The minimum absolute atomic E-state index is 0. The topological polar surface area (TPSA) is 59.9 Å². The Kier molecular flexibility index (Phi) is 10.1. The van der Waals surface area contributed by atoms with Crippen LogP contribution in [0.15, 0.2) is 22.5 Å². The summed E-state index contributed by atoms with van der Waals surface area (Å²) in [7, 11) is 4.25. The smallest absolute Gasteiger partial charge is 0.205 e. The fraction of sp³-hybridized carbons (Fsp3) is 0.632. The number of nitrogens with one attached hydrogen (secondary N) is 1. The Labute approximate surface area is 199 Å². The number of thiophene rings is 1. The Bertz CT molecular complexity index is 740. The normalized spacial score (nSPS) is 16.1. The first-order chi connectivity index (χ1) is 13.6. The van der Waals surface area contributed by atoms with Crippen molar-refractivity contribution in [3.63, 3.8) is 0 Å². The van der Waals surface area contributed by atoms with E-state index in [1.54, 1.807) is 11.3 Å². The molecule has 3 rings (SSSR count). The van der Waals surface area contributed by atoms with Crippen LogP contribution >= 0.6 is 46.8 Å². The molecular formula is C19H32IN7S2. The second-order valence-corrected chi connectivity index (χ2v) is 8.72. The maximum Gasteiger partial charge on any atom is 0.205 e. The molecule has 1 fully saturated rings. The van der Waals surface area contributed by atoms with Gasteiger partial charge in [-0.15, -0.1) is 35.3 Å². The molecule has 1 unspecified atom stereocenters. The third-order valence-corrected chi connectivity index (χ3v) is 6.66. The highest BCUT2D eigenvalue weighted by Crippen LogP contribution is 2.24. The van der Waals surface area contributed by atoms with Crippen LogP contribution in [0.1, 0.15) is 30.6 Å². The number of hydrogen-bond acceptors (Lipinski definition) is 7. The molecule has 0 aliphatic carbocycles. The lowest BCUT2D eigenvalue weighted by molar-refractivity contribution is 0.307. The Morgan fingerprint density at radius 2 is 2.03 bits per heavy atom. The summed E-state index contributed by atoms with van der Waals surface area (Å²) in [5.74, 6) is 1.96. The summed E-state index contributed by atoms with van der Waals surface area (Å²) in [4.78, 5) is 17.9. The molecule has 0 radical (unpaired) electrons. The third-order valence-electron chi connectivity index (χ3n) is 4.87. The number of nitrogens with zero attached hydrogens (tertiary/aromatic N) is 6. The lowest BCUT2D eigenvalue weighted by Crippen LogP contribution is -2.52. The molecule has 2 aromatic rings. The van der Waals surface area contributed by atoms with Gasteiger partial charge in [0.25, 0.3) is 0 Å². The zero-order valence-corrected chi connectivity index (χ0v) is 21.6. The van der Waals surface area contributed by atoms with E-state index >= 15 is 0 Å². The molecule has 0 saturated carbocycles. The number of likely N-dealkylation sites (N-methyl/N-ethyl adjacent to an activating group) is 1. The molecule has 162 valence electrons. The van der Waals surface area contributed by atoms with E-state index in [4.69, 9.17) is 4.99 Å². The molecule has 10 heteroatoms. The van der Waals surface area contributed by atoms with E-state index in [9.17, 15) is 0 Å². The SMILES string of the molecule is CCNC(=NCC(c1cccs1)N(C)C)N1CCN(c2nc(CC)ns2)CC1.I. The van der Waals surface area contributed by atoms with Gasteiger partial charge in [-0.05, 0) is 32.5 Å². The van der Waals surface area contributed by atoms with Gasteiger partial charge in [0.15, 0.2) is 5.96 Å². The first-order valence-electron chi connectivity index (χ1n) is 9.93. The van der Waals surface area contributed by atoms with E-state index in [2.05, 4.69) is 74.8 Å². The minimum atomic E-state index is 0. The monoisotopic (exact) mass is 549 g/mol. The summed E-state index contributed by atoms with van der Waals surface area (Å²) in [6, 6.07) is 4.62. The van der Waals surface area contributed by atoms with E-state index < -0.39 is 0 Å². The van der Waals surface area contributed by atoms with Crippen LogP contribution in [-0.4, -0.2) is 78.5 Å². The number of halogens is 1. The molecule has 7 nitrogen and oxygen atoms in total. The van der Waals surface area contributed by atoms with Crippen LogP contribution in [0.5, 0.6) is 0 Å². The molecule has 0 spiro atoms. The summed E-state index contributed by atoms with van der Waals surface area (Å²) in [6.45, 7) is 9.64. The van der Waals surface area contributed by atoms with Crippen molar-refractivity contribution in [2.45, 2.75) is 26.3 Å². The number of hydrogen-bond donors (Lipinski definition) is 1. The van der Waals surface area contributed by atoms with E-state index in [0.29, 0.717) is 6.04 Å². The molecule has 0 bridgehead atoms. The number of rotatable bonds is 7. The van der Waals surface area contributed by atoms with E-state index in [1.807, 2.05) is 0 Å². The molecule has 1 saturated heterocycles. The van der Waals surface area contributed by atoms with E-state index in [-0.39, 0.29) is 24.0 Å². The Morgan fingerprint density at radius 1 is 1.28 bits per heavy atom. The van der Waals surface area contributed by atoms with Gasteiger partial charge < -0.3 is 20.0 Å². The quantitative estimate of drug-likeness (QED) is 0.326. The van der Waals surface area contributed by atoms with Crippen molar-refractivity contribution in [1.82, 2.24) is 24.5 Å². The van der Waals surface area contributed by atoms with Gasteiger partial charge in [0.2, 0.25) is 5.13 Å². The van der Waals surface area contributed by atoms with Crippen molar-refractivity contribution in [1.29, 1.82) is 0 Å². The number of piperazine rings is 1. The molecule has 1 atom stereocenters. The van der Waals surface area contributed by atoms with Gasteiger partial charge in [-0.25, -0.2) is 4.98 Å². The fourth-order valence-corrected chi connectivity index (χ4v) is 4.93. The first-order valence-corrected chi connectivity index (χ1v) is 11.6. The van der Waals surface area contributed by atoms with Gasteiger partial charge in [-0.1, -0.05) is 13.0 Å². The molecule has 1 aliphatic heterocycles. The second-order valence-electron chi connectivity index (χ2n) is 7.01. The zero-order chi connectivity index (χ0) is 19.9. The van der Waals surface area contributed by atoms with Crippen LogP contribution in [-0.2, 0) is 6.42 Å². The van der Waals surface area contributed by atoms with Crippen molar-refractivity contribution in [2.75, 3.05) is 58.3 Å². The van der Waals surface area contributed by atoms with Gasteiger partial charge in [0, 0.05) is 55.6 Å². The Morgan fingerprint density at radius 3 is 2.59 bits per heavy atom. The lowest BCUT2D eigenvalue weighted by Gasteiger charge is -2.36. The van der Waals surface area contributed by atoms with Gasteiger partial charge >= 0.3 is 0 Å². The number of guanidine groups is 1. The maximum absolute atomic E-state index is 4.98. The first kappa shape index (κ1) is 24.3. The molecule has 2 aromatic heterocycles. The summed E-state index contributed by atoms with van der Waals surface area (Å²) in [5.41, 5.74) is 0. The molecule has 29 heavy (non-hydrogen) atoms. The largest absolute Gasteiger partial charge is 0.357 e. The fourth-order valence-electron chi connectivity index (χ4n) is 3.21. The standard InChI is InChI=1S/C19H31N7S2.HI/c1-5-17-22-19(28-23-17)26-11-9-25(10-12-26)18(20-6-2)21-14-15(24(3)4)16-8-7-13-27-16;/h7-8,13,15H,5-6,9-12,14H2,1-4H3,(H,20,21);1H. The highest BCUT2D eigenvalue weighted by Gasteiger charge is 2.23. The van der Waals surface area contributed by atoms with Crippen LogP contribution in [0, 0.1) is 0 Å². The summed E-state index contributed by atoms with van der Waals surface area (Å²) < 4.78 is 4.42. The van der Waals surface area contributed by atoms with Crippen LogP contribution in [0.4, 0.5) is 5.13 Å². The van der Waals surface area contributed by atoms with E-state index in [1.165, 1.54) is 16.4 Å². The molecule has 0 amide bonds. The van der Waals surface area contributed by atoms with Crippen molar-refractivity contribution >= 4 is 57.9 Å². The molecule has 0 aromatic carbocycles. The number of aliphatic imine (C=N–C) groups is 1. The number of anilines is 1. The number of aryl methyl sites for hydroxylation is 1. The maximum atomic E-state index is 4.98. The molecule has 1 N–H and O–H groups in total. The van der Waals surface area contributed by atoms with Crippen molar-refractivity contribution in [2.24, 2.45) is 4.99 Å². The lowest BCUT2D eigenvalue weighted by atomic mass is 10.2. The predicted octanol–water partition coefficient (Wildman–Crippen LogP) is 3.17. The van der Waals surface area contributed by atoms with Gasteiger partial charge in [0.1, 0.15) is 5.82 Å². The molecule has 3 heterocycles. The van der Waals surface area contributed by atoms with Gasteiger partial charge in [0.05, 0.1) is 12.6 Å². The molecular weight excluding hydrogens is 517 g/mol. The highest BCUT2D eigenvalue weighted by atomic mass is 127. The van der Waals surface area contributed by atoms with Crippen LogP contribution in [0.2, 0.25) is 0 Å². The van der Waals surface area contributed by atoms with Crippen molar-refractivity contribution in [3.05, 3.63) is 28.2 Å².